The standard InChI is InChI=1S/C13H15BrO3/c1-13(2,11(15)8-14)12(16)17-9-10-6-4-3-5-7-10/h3-7H,8-9H2,1-2H3. The number of alkyl halides is 1. The Bertz CT molecular complexity index is 398. The normalized spacial score (nSPS) is 11.0. The molecule has 0 aliphatic rings. The van der Waals surface area contributed by atoms with Crippen molar-refractivity contribution in [3.05, 3.63) is 35.9 Å². The summed E-state index contributed by atoms with van der Waals surface area (Å²) in [6.07, 6.45) is 0. The van der Waals surface area contributed by atoms with Gasteiger partial charge in [0.1, 0.15) is 12.0 Å². The predicted molar refractivity (Wildman–Crippen MR) is 68.8 cm³/mol. The first-order chi connectivity index (χ1) is 7.98. The molecule has 0 saturated carbocycles. The van der Waals surface area contributed by atoms with E-state index < -0.39 is 11.4 Å². The summed E-state index contributed by atoms with van der Waals surface area (Å²) in [5.74, 6) is -0.679. The van der Waals surface area contributed by atoms with Crippen LogP contribution in [0.5, 0.6) is 0 Å². The fourth-order valence-corrected chi connectivity index (χ4v) is 1.89. The third-order valence-electron chi connectivity index (χ3n) is 2.54. The zero-order valence-corrected chi connectivity index (χ0v) is 11.5. The molecule has 0 fully saturated rings. The van der Waals surface area contributed by atoms with Crippen LogP contribution >= 0.6 is 15.9 Å². The maximum atomic E-state index is 11.8. The van der Waals surface area contributed by atoms with Crippen LogP contribution in [-0.4, -0.2) is 17.1 Å². The Balaban J connectivity index is 2.58. The maximum Gasteiger partial charge on any atom is 0.319 e. The molecule has 0 amide bonds. The number of hydrogen-bond donors (Lipinski definition) is 0. The molecule has 0 bridgehead atoms. The minimum atomic E-state index is -1.10. The molecule has 0 aliphatic heterocycles. The number of ether oxygens (including phenoxy) is 1. The van der Waals surface area contributed by atoms with Gasteiger partial charge in [-0.05, 0) is 19.4 Å². The first kappa shape index (κ1) is 13.9. The average molecular weight is 299 g/mol. The number of benzene rings is 1. The molecule has 0 N–H and O–H groups in total. The third-order valence-corrected chi connectivity index (χ3v) is 3.05. The number of carbonyl (C=O) groups excluding carboxylic acids is 2. The van der Waals surface area contributed by atoms with Gasteiger partial charge >= 0.3 is 5.97 Å². The van der Waals surface area contributed by atoms with E-state index in [0.29, 0.717) is 0 Å². The summed E-state index contributed by atoms with van der Waals surface area (Å²) in [4.78, 5) is 23.3. The van der Waals surface area contributed by atoms with E-state index in [1.165, 1.54) is 0 Å². The lowest BCUT2D eigenvalue weighted by Gasteiger charge is -2.19. The molecule has 92 valence electrons. The zero-order valence-electron chi connectivity index (χ0n) is 9.90. The van der Waals surface area contributed by atoms with Crippen LogP contribution in [0.1, 0.15) is 19.4 Å². The number of hydrogen-bond acceptors (Lipinski definition) is 3. The molecule has 0 spiro atoms. The van der Waals surface area contributed by atoms with Crippen molar-refractivity contribution in [3.63, 3.8) is 0 Å². The Kier molecular flexibility index (Phi) is 4.87. The Morgan fingerprint density at radius 3 is 2.35 bits per heavy atom. The number of esters is 1. The average Bonchev–Trinajstić information content (AvgIpc) is 2.35. The summed E-state index contributed by atoms with van der Waals surface area (Å²) in [7, 11) is 0. The minimum Gasteiger partial charge on any atom is -0.460 e. The van der Waals surface area contributed by atoms with E-state index in [-0.39, 0.29) is 17.7 Å². The van der Waals surface area contributed by atoms with Crippen molar-refractivity contribution in [1.29, 1.82) is 0 Å². The van der Waals surface area contributed by atoms with Crippen molar-refractivity contribution in [2.45, 2.75) is 20.5 Å². The van der Waals surface area contributed by atoms with Crippen molar-refractivity contribution in [2.75, 3.05) is 5.33 Å². The summed E-state index contributed by atoms with van der Waals surface area (Å²) in [5.41, 5.74) is -0.193. The van der Waals surface area contributed by atoms with Crippen LogP contribution in [-0.2, 0) is 20.9 Å². The fourth-order valence-electron chi connectivity index (χ4n) is 1.18. The van der Waals surface area contributed by atoms with Crippen LogP contribution in [0.15, 0.2) is 30.3 Å². The van der Waals surface area contributed by atoms with Crippen LogP contribution in [0.25, 0.3) is 0 Å². The molecule has 0 atom stereocenters. The number of Topliss-reactive ketones (excluding diaryl/α,β-unsaturated/α-hetero) is 1. The van der Waals surface area contributed by atoms with Gasteiger partial charge in [0, 0.05) is 0 Å². The molecular weight excluding hydrogens is 284 g/mol. The fraction of sp³-hybridized carbons (Fsp3) is 0.385. The second-order valence-corrected chi connectivity index (χ2v) is 4.80. The van der Waals surface area contributed by atoms with Gasteiger partial charge in [-0.1, -0.05) is 46.3 Å². The molecule has 1 aromatic carbocycles. The Hall–Kier alpha value is -1.16. The van der Waals surface area contributed by atoms with Gasteiger partial charge in [0.15, 0.2) is 5.78 Å². The number of rotatable bonds is 5. The van der Waals surface area contributed by atoms with E-state index in [9.17, 15) is 9.59 Å². The Morgan fingerprint density at radius 1 is 1.24 bits per heavy atom. The molecule has 0 radical (unpaired) electrons. The molecule has 3 nitrogen and oxygen atoms in total. The molecule has 0 unspecified atom stereocenters. The molecule has 1 rings (SSSR count). The molecule has 4 heteroatoms. The minimum absolute atomic E-state index is 0.153. The predicted octanol–water partition coefficient (Wildman–Crippen LogP) is 2.72. The van der Waals surface area contributed by atoms with Crippen LogP contribution in [0, 0.1) is 5.41 Å². The second kappa shape index (κ2) is 5.96. The highest BCUT2D eigenvalue weighted by molar-refractivity contribution is 9.09. The number of halogens is 1. The van der Waals surface area contributed by atoms with Crippen molar-refractivity contribution in [1.82, 2.24) is 0 Å². The van der Waals surface area contributed by atoms with E-state index in [4.69, 9.17) is 4.74 Å². The third kappa shape index (κ3) is 3.66. The summed E-state index contributed by atoms with van der Waals surface area (Å²) in [5, 5.41) is 0.153. The number of carbonyl (C=O) groups is 2. The molecule has 0 aromatic heterocycles. The molecule has 0 heterocycles. The lowest BCUT2D eigenvalue weighted by Crippen LogP contribution is -2.35. The smallest absolute Gasteiger partial charge is 0.319 e. The first-order valence-corrected chi connectivity index (χ1v) is 6.41. The number of ketones is 1. The highest BCUT2D eigenvalue weighted by Crippen LogP contribution is 2.20. The van der Waals surface area contributed by atoms with Gasteiger partial charge in [-0.15, -0.1) is 0 Å². The largest absolute Gasteiger partial charge is 0.460 e. The summed E-state index contributed by atoms with van der Waals surface area (Å²) in [6.45, 7) is 3.34. The topological polar surface area (TPSA) is 43.4 Å². The molecular formula is C13H15BrO3. The van der Waals surface area contributed by atoms with Crippen molar-refractivity contribution < 1.29 is 14.3 Å². The summed E-state index contributed by atoms with van der Waals surface area (Å²) in [6, 6.07) is 9.37. The van der Waals surface area contributed by atoms with E-state index in [0.717, 1.165) is 5.56 Å². The van der Waals surface area contributed by atoms with Crippen LogP contribution in [0.3, 0.4) is 0 Å². The Morgan fingerprint density at radius 2 is 1.82 bits per heavy atom. The van der Waals surface area contributed by atoms with Crippen molar-refractivity contribution in [2.24, 2.45) is 5.41 Å². The van der Waals surface area contributed by atoms with Crippen molar-refractivity contribution in [3.8, 4) is 0 Å². The lowest BCUT2D eigenvalue weighted by atomic mass is 9.89. The van der Waals surface area contributed by atoms with Gasteiger partial charge in [-0.2, -0.15) is 0 Å². The summed E-state index contributed by atoms with van der Waals surface area (Å²) < 4.78 is 5.14. The van der Waals surface area contributed by atoms with E-state index in [2.05, 4.69) is 15.9 Å². The highest BCUT2D eigenvalue weighted by Gasteiger charge is 2.36. The zero-order chi connectivity index (χ0) is 12.9. The molecule has 0 saturated heterocycles. The second-order valence-electron chi connectivity index (χ2n) is 4.24. The van der Waals surface area contributed by atoms with E-state index in [1.54, 1.807) is 13.8 Å². The lowest BCUT2D eigenvalue weighted by molar-refractivity contribution is -0.158. The molecule has 17 heavy (non-hydrogen) atoms. The van der Waals surface area contributed by atoms with Crippen molar-refractivity contribution >= 4 is 27.7 Å². The van der Waals surface area contributed by atoms with E-state index in [1.807, 2.05) is 30.3 Å². The van der Waals surface area contributed by atoms with Gasteiger partial charge in [0.2, 0.25) is 0 Å². The maximum absolute atomic E-state index is 11.8. The quantitative estimate of drug-likeness (QED) is 0.477. The van der Waals surface area contributed by atoms with Crippen LogP contribution < -0.4 is 0 Å². The van der Waals surface area contributed by atoms with Gasteiger partial charge in [-0.3, -0.25) is 9.59 Å². The van der Waals surface area contributed by atoms with Crippen LogP contribution in [0.2, 0.25) is 0 Å². The van der Waals surface area contributed by atoms with E-state index >= 15 is 0 Å². The van der Waals surface area contributed by atoms with Crippen LogP contribution in [0.4, 0.5) is 0 Å². The molecule has 1 aromatic rings. The molecule has 0 aliphatic carbocycles. The van der Waals surface area contributed by atoms with Gasteiger partial charge in [0.25, 0.3) is 0 Å². The van der Waals surface area contributed by atoms with Gasteiger partial charge in [-0.25, -0.2) is 0 Å². The van der Waals surface area contributed by atoms with Gasteiger partial charge in [0.05, 0.1) is 5.33 Å². The van der Waals surface area contributed by atoms with Gasteiger partial charge < -0.3 is 4.74 Å². The first-order valence-electron chi connectivity index (χ1n) is 5.29. The highest BCUT2D eigenvalue weighted by atomic mass is 79.9. The monoisotopic (exact) mass is 298 g/mol. The SMILES string of the molecule is CC(C)(C(=O)CBr)C(=O)OCc1ccccc1. The Labute approximate surface area is 109 Å². The summed E-state index contributed by atoms with van der Waals surface area (Å²) >= 11 is 3.06.